The monoisotopic (exact) mass is 300 g/mol. The fraction of sp³-hybridized carbons (Fsp3) is 0.125. The third kappa shape index (κ3) is 4.51. The fourth-order valence-electron chi connectivity index (χ4n) is 1.61. The summed E-state index contributed by atoms with van der Waals surface area (Å²) in [6.45, 7) is 1.93. The maximum Gasteiger partial charge on any atom is 0.300 e. The number of rotatable bonds is 4. The molecule has 2 aromatic rings. The largest absolute Gasteiger partial charge is 0.486 e. The highest BCUT2D eigenvalue weighted by Crippen LogP contribution is 2.28. The van der Waals surface area contributed by atoms with Gasteiger partial charge in [0.05, 0.1) is 10.7 Å². The summed E-state index contributed by atoms with van der Waals surface area (Å²) in [6, 6.07) is 10.6. The van der Waals surface area contributed by atoms with Crippen molar-refractivity contribution in [3.8, 4) is 17.6 Å². The van der Waals surface area contributed by atoms with Crippen molar-refractivity contribution in [1.82, 2.24) is 4.98 Å². The van der Waals surface area contributed by atoms with Gasteiger partial charge in [0.25, 0.3) is 5.91 Å². The number of ether oxygens (including phenoxy) is 1. The molecular formula is C16H13ClN2O2. The van der Waals surface area contributed by atoms with Crippen molar-refractivity contribution in [3.05, 3.63) is 53.3 Å². The van der Waals surface area contributed by atoms with E-state index in [0.29, 0.717) is 23.1 Å². The number of benzene rings is 1. The van der Waals surface area contributed by atoms with Gasteiger partial charge in [-0.05, 0) is 43.2 Å². The van der Waals surface area contributed by atoms with Gasteiger partial charge in [0.1, 0.15) is 12.4 Å². The average Bonchev–Trinajstić information content (AvgIpc) is 2.48. The molecule has 1 heterocycles. The van der Waals surface area contributed by atoms with Crippen molar-refractivity contribution in [1.29, 1.82) is 0 Å². The molecule has 5 heteroatoms. The second kappa shape index (κ2) is 7.32. The minimum absolute atomic E-state index is 0.327. The lowest BCUT2D eigenvalue weighted by atomic mass is 10.3. The molecule has 0 spiro atoms. The van der Waals surface area contributed by atoms with Crippen molar-refractivity contribution in [2.24, 2.45) is 0 Å². The van der Waals surface area contributed by atoms with Gasteiger partial charge in [-0.3, -0.25) is 9.78 Å². The molecule has 106 valence electrons. The number of anilines is 1. The molecule has 1 aromatic carbocycles. The zero-order valence-electron chi connectivity index (χ0n) is 11.4. The van der Waals surface area contributed by atoms with Crippen LogP contribution in [-0.2, 0) is 11.4 Å². The van der Waals surface area contributed by atoms with Crippen molar-refractivity contribution in [2.75, 3.05) is 5.32 Å². The summed E-state index contributed by atoms with van der Waals surface area (Å²) in [5.74, 6) is 5.07. The van der Waals surface area contributed by atoms with E-state index in [1.54, 1.807) is 31.3 Å². The van der Waals surface area contributed by atoms with E-state index in [2.05, 4.69) is 22.1 Å². The maximum absolute atomic E-state index is 11.4. The molecule has 1 aromatic heterocycles. The van der Waals surface area contributed by atoms with Crippen LogP contribution in [-0.4, -0.2) is 10.9 Å². The highest BCUT2D eigenvalue weighted by Gasteiger charge is 2.05. The zero-order valence-corrected chi connectivity index (χ0v) is 12.1. The van der Waals surface area contributed by atoms with Crippen LogP contribution < -0.4 is 10.1 Å². The first kappa shape index (κ1) is 14.9. The summed E-state index contributed by atoms with van der Waals surface area (Å²) in [5.41, 5.74) is 1.38. The van der Waals surface area contributed by atoms with E-state index in [1.165, 1.54) is 0 Å². The van der Waals surface area contributed by atoms with Crippen molar-refractivity contribution in [3.63, 3.8) is 0 Å². The van der Waals surface area contributed by atoms with Gasteiger partial charge in [-0.15, -0.1) is 0 Å². The smallest absolute Gasteiger partial charge is 0.300 e. The molecule has 21 heavy (non-hydrogen) atoms. The van der Waals surface area contributed by atoms with Gasteiger partial charge in [-0.2, -0.15) is 0 Å². The lowest BCUT2D eigenvalue weighted by molar-refractivity contribution is -0.111. The predicted molar refractivity (Wildman–Crippen MR) is 82.1 cm³/mol. The van der Waals surface area contributed by atoms with E-state index in [0.717, 1.165) is 5.69 Å². The first-order chi connectivity index (χ1) is 10.2. The summed E-state index contributed by atoms with van der Waals surface area (Å²) in [4.78, 5) is 15.5. The molecule has 0 saturated carbocycles. The molecule has 1 amide bonds. The number of hydrogen-bond donors (Lipinski definition) is 1. The van der Waals surface area contributed by atoms with Gasteiger partial charge in [-0.1, -0.05) is 23.6 Å². The number of amides is 1. The maximum atomic E-state index is 11.4. The summed E-state index contributed by atoms with van der Waals surface area (Å²) in [6.07, 6.45) is 1.70. The van der Waals surface area contributed by atoms with E-state index >= 15 is 0 Å². The van der Waals surface area contributed by atoms with E-state index in [-0.39, 0.29) is 5.91 Å². The number of carbonyl (C=O) groups is 1. The molecule has 0 fully saturated rings. The average molecular weight is 301 g/mol. The van der Waals surface area contributed by atoms with E-state index in [4.69, 9.17) is 16.3 Å². The molecule has 0 saturated heterocycles. The molecule has 2 rings (SSSR count). The lowest BCUT2D eigenvalue weighted by Gasteiger charge is -2.09. The Morgan fingerprint density at radius 3 is 2.90 bits per heavy atom. The van der Waals surface area contributed by atoms with Gasteiger partial charge < -0.3 is 10.1 Å². The molecule has 1 N–H and O–H groups in total. The summed E-state index contributed by atoms with van der Waals surface area (Å²) in [5, 5.41) is 3.03. The molecule has 0 aliphatic carbocycles. The number of halogens is 1. The number of aromatic nitrogens is 1. The molecule has 4 nitrogen and oxygen atoms in total. The van der Waals surface area contributed by atoms with Crippen LogP contribution in [0, 0.1) is 11.8 Å². The number of carbonyl (C=O) groups excluding carboxylic acids is 1. The summed E-state index contributed by atoms with van der Waals surface area (Å²) < 4.78 is 5.60. The Balaban J connectivity index is 2.01. The van der Waals surface area contributed by atoms with E-state index in [1.807, 2.05) is 18.2 Å². The summed E-state index contributed by atoms with van der Waals surface area (Å²) >= 11 is 6.12. The van der Waals surface area contributed by atoms with Gasteiger partial charge in [0.2, 0.25) is 0 Å². The van der Waals surface area contributed by atoms with Crippen molar-refractivity contribution < 1.29 is 9.53 Å². The molecule has 0 radical (unpaired) electrons. The molecule has 0 unspecified atom stereocenters. The first-order valence-corrected chi connectivity index (χ1v) is 6.63. The third-order valence-corrected chi connectivity index (χ3v) is 2.83. The minimum atomic E-state index is -0.379. The van der Waals surface area contributed by atoms with Gasteiger partial charge >= 0.3 is 0 Å². The standard InChI is InChI=1S/C16H13ClN2O2/c1-2-5-16(20)19-12-7-8-15(14(17)10-12)21-11-13-6-3-4-9-18-13/h3-4,6-10H,11H2,1H3,(H,19,20). The Morgan fingerprint density at radius 2 is 2.24 bits per heavy atom. The SMILES string of the molecule is CC#CC(=O)Nc1ccc(OCc2ccccn2)c(Cl)c1. The highest BCUT2D eigenvalue weighted by atomic mass is 35.5. The second-order valence-corrected chi connectivity index (χ2v) is 4.49. The summed E-state index contributed by atoms with van der Waals surface area (Å²) in [7, 11) is 0. The van der Waals surface area contributed by atoms with Crippen molar-refractivity contribution >= 4 is 23.2 Å². The van der Waals surface area contributed by atoms with Crippen LogP contribution in [0.1, 0.15) is 12.6 Å². The first-order valence-electron chi connectivity index (χ1n) is 6.25. The van der Waals surface area contributed by atoms with Crippen molar-refractivity contribution in [2.45, 2.75) is 13.5 Å². The Hall–Kier alpha value is -2.51. The molecule has 0 atom stereocenters. The molecule has 0 bridgehead atoms. The lowest BCUT2D eigenvalue weighted by Crippen LogP contribution is -2.08. The highest BCUT2D eigenvalue weighted by molar-refractivity contribution is 6.32. The molecular weight excluding hydrogens is 288 g/mol. The third-order valence-electron chi connectivity index (χ3n) is 2.53. The van der Waals surface area contributed by atoms with Crippen LogP contribution in [0.4, 0.5) is 5.69 Å². The van der Waals surface area contributed by atoms with E-state index in [9.17, 15) is 4.79 Å². The Kier molecular flexibility index (Phi) is 5.19. The minimum Gasteiger partial charge on any atom is -0.486 e. The van der Waals surface area contributed by atoms with Gasteiger partial charge in [-0.25, -0.2) is 0 Å². The number of hydrogen-bond acceptors (Lipinski definition) is 3. The Morgan fingerprint density at radius 1 is 1.38 bits per heavy atom. The Labute approximate surface area is 128 Å². The topological polar surface area (TPSA) is 51.2 Å². The number of nitrogens with one attached hydrogen (secondary N) is 1. The van der Waals surface area contributed by atoms with Crippen LogP contribution in [0.3, 0.4) is 0 Å². The van der Waals surface area contributed by atoms with Crippen LogP contribution in [0.15, 0.2) is 42.6 Å². The molecule has 0 aliphatic heterocycles. The zero-order chi connectivity index (χ0) is 15.1. The van der Waals surface area contributed by atoms with Gasteiger partial charge in [0, 0.05) is 11.9 Å². The molecule has 0 aliphatic rings. The number of nitrogens with zero attached hydrogens (tertiary/aromatic N) is 1. The van der Waals surface area contributed by atoms with Crippen LogP contribution >= 0.6 is 11.6 Å². The van der Waals surface area contributed by atoms with Crippen LogP contribution in [0.5, 0.6) is 5.75 Å². The van der Waals surface area contributed by atoms with Gasteiger partial charge in [0.15, 0.2) is 0 Å². The normalized spacial score (nSPS) is 9.43. The van der Waals surface area contributed by atoms with E-state index < -0.39 is 0 Å². The fourth-order valence-corrected chi connectivity index (χ4v) is 1.84. The second-order valence-electron chi connectivity index (χ2n) is 4.08. The quantitative estimate of drug-likeness (QED) is 0.882. The Bertz CT molecular complexity index is 690. The van der Waals surface area contributed by atoms with Crippen LogP contribution in [0.25, 0.3) is 0 Å². The number of pyridine rings is 1. The van der Waals surface area contributed by atoms with Crippen LogP contribution in [0.2, 0.25) is 5.02 Å². The predicted octanol–water partition coefficient (Wildman–Crippen LogP) is 3.28.